The number of ether oxygens (including phenoxy) is 1. The number of rotatable bonds is 9. The number of nitrogens with one attached hydrogen (secondary N) is 2. The molecule has 0 spiro atoms. The molecule has 9 heteroatoms. The summed E-state index contributed by atoms with van der Waals surface area (Å²) in [5, 5.41) is 5.71. The van der Waals surface area contributed by atoms with Crippen LogP contribution in [0.2, 0.25) is 0 Å². The van der Waals surface area contributed by atoms with Gasteiger partial charge in [0.15, 0.2) is 0 Å². The molecule has 2 fully saturated rings. The molecule has 1 saturated carbocycles. The second-order valence-electron chi connectivity index (χ2n) is 10.1. The first-order valence-electron chi connectivity index (χ1n) is 12.6. The van der Waals surface area contributed by atoms with E-state index in [1.807, 2.05) is 44.2 Å². The Hall–Kier alpha value is -3.10. The molecule has 192 valence electrons. The lowest BCUT2D eigenvalue weighted by Crippen LogP contribution is -2.62. The van der Waals surface area contributed by atoms with Crippen molar-refractivity contribution in [3.8, 4) is 0 Å². The predicted molar refractivity (Wildman–Crippen MR) is 131 cm³/mol. The maximum Gasteiger partial charge on any atom is 0.410 e. The van der Waals surface area contributed by atoms with E-state index in [-0.39, 0.29) is 12.5 Å². The minimum Gasteiger partial charge on any atom is -0.445 e. The van der Waals surface area contributed by atoms with Crippen molar-refractivity contribution >= 4 is 23.8 Å². The first-order chi connectivity index (χ1) is 16.7. The van der Waals surface area contributed by atoms with Crippen LogP contribution in [0.25, 0.3) is 0 Å². The van der Waals surface area contributed by atoms with E-state index in [9.17, 15) is 19.2 Å². The summed E-state index contributed by atoms with van der Waals surface area (Å²) in [6.45, 7) is 4.45. The van der Waals surface area contributed by atoms with Gasteiger partial charge in [-0.05, 0) is 43.6 Å². The number of carbonyl (C=O) groups is 4. The van der Waals surface area contributed by atoms with Crippen LogP contribution in [0.15, 0.2) is 30.3 Å². The van der Waals surface area contributed by atoms with Gasteiger partial charge in [0.25, 0.3) is 0 Å². The van der Waals surface area contributed by atoms with E-state index in [4.69, 9.17) is 10.5 Å². The maximum atomic E-state index is 13.2. The highest BCUT2D eigenvalue weighted by Gasteiger charge is 2.42. The van der Waals surface area contributed by atoms with Gasteiger partial charge in [-0.15, -0.1) is 0 Å². The largest absolute Gasteiger partial charge is 0.445 e. The number of amides is 4. The monoisotopic (exact) mass is 486 g/mol. The molecule has 1 aromatic rings. The van der Waals surface area contributed by atoms with Gasteiger partial charge < -0.3 is 21.1 Å². The number of benzene rings is 1. The zero-order chi connectivity index (χ0) is 25.4. The third kappa shape index (κ3) is 6.96. The Morgan fingerprint density at radius 2 is 1.77 bits per heavy atom. The highest BCUT2D eigenvalue weighted by molar-refractivity contribution is 5.95. The highest BCUT2D eigenvalue weighted by atomic mass is 16.6. The summed E-state index contributed by atoms with van der Waals surface area (Å²) in [7, 11) is 0. The van der Waals surface area contributed by atoms with Gasteiger partial charge in [-0.2, -0.15) is 0 Å². The Morgan fingerprint density at radius 3 is 2.40 bits per heavy atom. The molecule has 3 rings (SSSR count). The van der Waals surface area contributed by atoms with Crippen molar-refractivity contribution in [2.24, 2.45) is 11.7 Å². The van der Waals surface area contributed by atoms with Crippen LogP contribution in [0.3, 0.4) is 0 Å². The number of hydrogen-bond acceptors (Lipinski definition) is 5. The molecular weight excluding hydrogens is 448 g/mol. The average Bonchev–Trinajstić information content (AvgIpc) is 3.33. The fraction of sp³-hybridized carbons (Fsp3) is 0.615. The fourth-order valence-electron chi connectivity index (χ4n) is 4.94. The van der Waals surface area contributed by atoms with E-state index >= 15 is 0 Å². The average molecular weight is 487 g/mol. The lowest BCUT2D eigenvalue weighted by Gasteiger charge is -2.36. The van der Waals surface area contributed by atoms with Crippen molar-refractivity contribution in [2.75, 3.05) is 6.54 Å². The second-order valence-corrected chi connectivity index (χ2v) is 10.1. The molecule has 1 aliphatic carbocycles. The van der Waals surface area contributed by atoms with Crippen molar-refractivity contribution in [1.29, 1.82) is 0 Å². The van der Waals surface area contributed by atoms with E-state index in [2.05, 4.69) is 10.6 Å². The van der Waals surface area contributed by atoms with Crippen LogP contribution in [0, 0.1) is 5.92 Å². The van der Waals surface area contributed by atoms with E-state index in [0.717, 1.165) is 24.8 Å². The van der Waals surface area contributed by atoms with Gasteiger partial charge in [0.2, 0.25) is 17.7 Å². The zero-order valence-electron chi connectivity index (χ0n) is 20.8. The Balaban J connectivity index is 1.64. The zero-order valence-corrected chi connectivity index (χ0v) is 20.8. The molecule has 2 aliphatic rings. The summed E-state index contributed by atoms with van der Waals surface area (Å²) < 4.78 is 5.43. The molecule has 4 amide bonds. The smallest absolute Gasteiger partial charge is 0.410 e. The quantitative estimate of drug-likeness (QED) is 0.494. The Bertz CT molecular complexity index is 898. The summed E-state index contributed by atoms with van der Waals surface area (Å²) in [5.74, 6) is -1.22. The third-order valence-corrected chi connectivity index (χ3v) is 6.88. The summed E-state index contributed by atoms with van der Waals surface area (Å²) in [6.07, 6.45) is 4.63. The maximum absolute atomic E-state index is 13.2. The van der Waals surface area contributed by atoms with Gasteiger partial charge in [-0.1, -0.05) is 63.4 Å². The van der Waals surface area contributed by atoms with E-state index in [0.29, 0.717) is 38.6 Å². The highest BCUT2D eigenvalue weighted by Crippen LogP contribution is 2.28. The van der Waals surface area contributed by atoms with Crippen LogP contribution in [0.4, 0.5) is 4.79 Å². The van der Waals surface area contributed by atoms with Gasteiger partial charge in [0.05, 0.1) is 0 Å². The summed E-state index contributed by atoms with van der Waals surface area (Å²) in [4.78, 5) is 52.8. The summed E-state index contributed by atoms with van der Waals surface area (Å²) >= 11 is 0. The van der Waals surface area contributed by atoms with Gasteiger partial charge in [0.1, 0.15) is 24.2 Å². The van der Waals surface area contributed by atoms with Crippen LogP contribution in [0.5, 0.6) is 0 Å². The Kier molecular flexibility index (Phi) is 9.12. The lowest BCUT2D eigenvalue weighted by atomic mass is 9.80. The first-order valence-corrected chi connectivity index (χ1v) is 12.6. The molecule has 0 bridgehead atoms. The number of nitrogens with two attached hydrogens (primary N) is 1. The summed E-state index contributed by atoms with van der Waals surface area (Å²) in [5.41, 5.74) is 5.46. The van der Waals surface area contributed by atoms with E-state index in [1.165, 1.54) is 4.90 Å². The van der Waals surface area contributed by atoms with Crippen LogP contribution in [-0.2, 0) is 25.7 Å². The van der Waals surface area contributed by atoms with Crippen LogP contribution in [0.1, 0.15) is 70.8 Å². The lowest BCUT2D eigenvalue weighted by molar-refractivity contribution is -0.136. The standard InChI is InChI=1S/C26H38N4O5/c1-18(2)16-20(22(31)29-26(24(27)33)13-7-4-8-14-26)28-23(32)21-12-9-15-30(21)25(34)35-17-19-10-5-3-6-11-19/h3,5-6,10-11,18,20-21H,4,7-9,12-17H2,1-2H3,(H2,27,33)(H,28,32)(H,29,31)/t20-,21+/m1/s1. The van der Waals surface area contributed by atoms with Gasteiger partial charge in [-0.3, -0.25) is 19.3 Å². The molecule has 1 aliphatic heterocycles. The second kappa shape index (κ2) is 12.0. The summed E-state index contributed by atoms with van der Waals surface area (Å²) in [6, 6.07) is 7.80. The SMILES string of the molecule is CC(C)C[C@@H](NC(=O)[C@@H]1CCCN1C(=O)OCc1ccccc1)C(=O)NC1(C(N)=O)CCCCC1. The minimum absolute atomic E-state index is 0.123. The normalized spacial score (nSPS) is 20.2. The number of carbonyl (C=O) groups excluding carboxylic acids is 4. The minimum atomic E-state index is -1.07. The van der Waals surface area contributed by atoms with Crippen LogP contribution in [-0.4, -0.2) is 52.9 Å². The molecule has 0 unspecified atom stereocenters. The number of hydrogen-bond donors (Lipinski definition) is 3. The first kappa shape index (κ1) is 26.5. The van der Waals surface area contributed by atoms with Crippen molar-refractivity contribution < 1.29 is 23.9 Å². The molecular formula is C26H38N4O5. The van der Waals surface area contributed by atoms with Crippen molar-refractivity contribution in [2.45, 2.75) is 89.4 Å². The van der Waals surface area contributed by atoms with Gasteiger partial charge in [-0.25, -0.2) is 4.79 Å². The molecule has 1 aromatic carbocycles. The fourth-order valence-corrected chi connectivity index (χ4v) is 4.94. The number of primary amides is 1. The van der Waals surface area contributed by atoms with Crippen LogP contribution >= 0.6 is 0 Å². The van der Waals surface area contributed by atoms with Gasteiger partial charge >= 0.3 is 6.09 Å². The number of likely N-dealkylation sites (tertiary alicyclic amines) is 1. The van der Waals surface area contributed by atoms with Crippen molar-refractivity contribution in [3.05, 3.63) is 35.9 Å². The third-order valence-electron chi connectivity index (χ3n) is 6.88. The Labute approximate surface area is 207 Å². The topological polar surface area (TPSA) is 131 Å². The van der Waals surface area contributed by atoms with Crippen molar-refractivity contribution in [1.82, 2.24) is 15.5 Å². The molecule has 1 saturated heterocycles. The van der Waals surface area contributed by atoms with Crippen LogP contribution < -0.4 is 16.4 Å². The van der Waals surface area contributed by atoms with E-state index < -0.39 is 41.4 Å². The molecule has 0 radical (unpaired) electrons. The molecule has 35 heavy (non-hydrogen) atoms. The van der Waals surface area contributed by atoms with Gasteiger partial charge in [0, 0.05) is 6.54 Å². The number of nitrogens with zero attached hydrogens (tertiary/aromatic N) is 1. The molecule has 2 atom stereocenters. The molecule has 9 nitrogen and oxygen atoms in total. The molecule has 4 N–H and O–H groups in total. The molecule has 1 heterocycles. The molecule has 0 aromatic heterocycles. The Morgan fingerprint density at radius 1 is 1.09 bits per heavy atom. The predicted octanol–water partition coefficient (Wildman–Crippen LogP) is 2.62. The van der Waals surface area contributed by atoms with Crippen molar-refractivity contribution in [3.63, 3.8) is 0 Å². The van der Waals surface area contributed by atoms with E-state index in [1.54, 1.807) is 0 Å².